The van der Waals surface area contributed by atoms with Crippen molar-refractivity contribution in [3.63, 3.8) is 0 Å². The van der Waals surface area contributed by atoms with Crippen LogP contribution in [-0.4, -0.2) is 29.1 Å². The molecule has 0 radical (unpaired) electrons. The third-order valence-electron chi connectivity index (χ3n) is 4.32. The maximum Gasteiger partial charge on any atom is 0.270 e. The van der Waals surface area contributed by atoms with Crippen molar-refractivity contribution >= 4 is 29.7 Å². The van der Waals surface area contributed by atoms with Gasteiger partial charge in [0.1, 0.15) is 16.5 Å². The molecule has 1 fully saturated rings. The number of halogens is 1. The Bertz CT molecular complexity index is 710. The molecule has 0 unspecified atom stereocenters. The second kappa shape index (κ2) is 9.35. The Morgan fingerprint density at radius 3 is 2.50 bits per heavy atom. The zero-order valence-corrected chi connectivity index (χ0v) is 16.7. The van der Waals surface area contributed by atoms with Crippen molar-refractivity contribution in [2.45, 2.75) is 57.7 Å². The van der Waals surface area contributed by atoms with E-state index in [9.17, 15) is 4.79 Å². The van der Waals surface area contributed by atoms with Gasteiger partial charge in [0.15, 0.2) is 0 Å². The number of benzene rings is 1. The number of thiazole rings is 1. The minimum Gasteiger partial charge on any atom is -0.491 e. The van der Waals surface area contributed by atoms with Gasteiger partial charge in [-0.15, -0.1) is 23.7 Å². The number of nitrogens with two attached hydrogens (primary N) is 1. The molecule has 0 atom stereocenters. The monoisotopic (exact) mass is 395 g/mol. The smallest absolute Gasteiger partial charge is 0.270 e. The molecule has 0 aliphatic heterocycles. The van der Waals surface area contributed by atoms with E-state index >= 15 is 0 Å². The van der Waals surface area contributed by atoms with E-state index in [1.54, 1.807) is 0 Å². The van der Waals surface area contributed by atoms with Crippen molar-refractivity contribution in [3.05, 3.63) is 35.3 Å². The Kier molecular flexibility index (Phi) is 7.43. The Morgan fingerprint density at radius 2 is 1.88 bits per heavy atom. The van der Waals surface area contributed by atoms with E-state index in [0.717, 1.165) is 42.0 Å². The van der Waals surface area contributed by atoms with Crippen LogP contribution in [0.15, 0.2) is 29.6 Å². The van der Waals surface area contributed by atoms with E-state index in [1.807, 2.05) is 43.5 Å². The van der Waals surface area contributed by atoms with Crippen molar-refractivity contribution in [2.75, 3.05) is 0 Å². The van der Waals surface area contributed by atoms with Crippen LogP contribution >= 0.6 is 23.7 Å². The van der Waals surface area contributed by atoms with Crippen molar-refractivity contribution in [2.24, 2.45) is 5.73 Å². The normalized spacial score (nSPS) is 19.7. The van der Waals surface area contributed by atoms with Gasteiger partial charge in [0.25, 0.3) is 5.91 Å². The van der Waals surface area contributed by atoms with Crippen molar-refractivity contribution in [3.8, 4) is 16.3 Å². The number of nitrogens with zero attached hydrogens (tertiary/aromatic N) is 1. The summed E-state index contributed by atoms with van der Waals surface area (Å²) in [6.07, 6.45) is 3.98. The summed E-state index contributed by atoms with van der Waals surface area (Å²) in [5, 5.41) is 5.74. The highest BCUT2D eigenvalue weighted by Gasteiger charge is 2.21. The molecule has 7 heteroatoms. The largest absolute Gasteiger partial charge is 0.491 e. The fourth-order valence-corrected chi connectivity index (χ4v) is 3.79. The van der Waals surface area contributed by atoms with Crippen LogP contribution in [0.1, 0.15) is 50.0 Å². The Morgan fingerprint density at radius 1 is 1.23 bits per heavy atom. The van der Waals surface area contributed by atoms with E-state index in [1.165, 1.54) is 11.3 Å². The molecule has 1 aromatic heterocycles. The van der Waals surface area contributed by atoms with Crippen molar-refractivity contribution < 1.29 is 9.53 Å². The molecule has 1 heterocycles. The van der Waals surface area contributed by atoms with E-state index in [0.29, 0.717) is 5.69 Å². The minimum absolute atomic E-state index is 0. The highest BCUT2D eigenvalue weighted by Crippen LogP contribution is 2.26. The summed E-state index contributed by atoms with van der Waals surface area (Å²) in [5.41, 5.74) is 7.38. The van der Waals surface area contributed by atoms with Crippen LogP contribution in [-0.2, 0) is 0 Å². The lowest BCUT2D eigenvalue weighted by atomic mass is 9.92. The number of ether oxygens (including phenoxy) is 1. The molecule has 1 amide bonds. The topological polar surface area (TPSA) is 77.2 Å². The Balaban J connectivity index is 0.00000243. The predicted octanol–water partition coefficient (Wildman–Crippen LogP) is 4.02. The Hall–Kier alpha value is -1.63. The molecule has 2 aromatic rings. The molecule has 3 N–H and O–H groups in total. The van der Waals surface area contributed by atoms with E-state index in [-0.39, 0.29) is 36.5 Å². The standard InChI is InChI=1S/C19H25N3O2S.ClH/c1-12(2)24-16-9-3-13(4-10-16)19-22-17(11-25-19)18(23)21-15-7-5-14(20)6-8-15;/h3-4,9-12,14-15H,5-8,20H2,1-2H3,(H,21,23);1H. The first-order chi connectivity index (χ1) is 12.0. The molecule has 1 saturated carbocycles. The number of aromatic nitrogens is 1. The fraction of sp³-hybridized carbons (Fsp3) is 0.474. The number of carbonyl (C=O) groups is 1. The lowest BCUT2D eigenvalue weighted by molar-refractivity contribution is 0.0921. The van der Waals surface area contributed by atoms with Crippen LogP contribution in [0.2, 0.25) is 0 Å². The first-order valence-corrected chi connectivity index (χ1v) is 9.68. The van der Waals surface area contributed by atoms with E-state index < -0.39 is 0 Å². The quantitative estimate of drug-likeness (QED) is 0.801. The third kappa shape index (κ3) is 5.43. The molecule has 1 aromatic carbocycles. The number of amides is 1. The van der Waals surface area contributed by atoms with Gasteiger partial charge in [0.2, 0.25) is 0 Å². The summed E-state index contributed by atoms with van der Waals surface area (Å²) < 4.78 is 5.65. The van der Waals surface area contributed by atoms with Crippen LogP contribution in [0.3, 0.4) is 0 Å². The molecule has 0 saturated heterocycles. The van der Waals surface area contributed by atoms with Crippen molar-refractivity contribution in [1.82, 2.24) is 10.3 Å². The number of hydrogen-bond acceptors (Lipinski definition) is 5. The molecule has 1 aliphatic carbocycles. The zero-order chi connectivity index (χ0) is 17.8. The second-order valence-electron chi connectivity index (χ2n) is 6.81. The summed E-state index contributed by atoms with van der Waals surface area (Å²) in [7, 11) is 0. The van der Waals surface area contributed by atoms with E-state index in [2.05, 4.69) is 10.3 Å². The Labute approximate surface area is 164 Å². The molecule has 5 nitrogen and oxygen atoms in total. The summed E-state index contributed by atoms with van der Waals surface area (Å²) >= 11 is 1.48. The summed E-state index contributed by atoms with van der Waals surface area (Å²) in [6, 6.07) is 8.30. The van der Waals surface area contributed by atoms with Gasteiger partial charge in [-0.1, -0.05) is 0 Å². The number of rotatable bonds is 5. The van der Waals surface area contributed by atoms with Gasteiger partial charge in [-0.2, -0.15) is 0 Å². The van der Waals surface area contributed by atoms with Gasteiger partial charge in [-0.25, -0.2) is 4.98 Å². The van der Waals surface area contributed by atoms with Gasteiger partial charge in [0.05, 0.1) is 6.10 Å². The number of nitrogens with one attached hydrogen (secondary N) is 1. The van der Waals surface area contributed by atoms with Gasteiger partial charge in [-0.05, 0) is 63.8 Å². The van der Waals surface area contributed by atoms with Crippen LogP contribution in [0.25, 0.3) is 10.6 Å². The first-order valence-electron chi connectivity index (χ1n) is 8.80. The molecular weight excluding hydrogens is 370 g/mol. The molecule has 142 valence electrons. The fourth-order valence-electron chi connectivity index (χ4n) is 2.98. The molecular formula is C19H26ClN3O2S. The average Bonchev–Trinajstić information content (AvgIpc) is 3.07. The number of carbonyl (C=O) groups excluding carboxylic acids is 1. The van der Waals surface area contributed by atoms with Gasteiger partial charge in [-0.3, -0.25) is 4.79 Å². The lowest BCUT2D eigenvalue weighted by Gasteiger charge is -2.26. The van der Waals surface area contributed by atoms with Gasteiger partial charge >= 0.3 is 0 Å². The highest BCUT2D eigenvalue weighted by atomic mass is 35.5. The van der Waals surface area contributed by atoms with Crippen LogP contribution < -0.4 is 15.8 Å². The maximum atomic E-state index is 12.4. The summed E-state index contributed by atoms with van der Waals surface area (Å²) in [5.74, 6) is 0.742. The van der Waals surface area contributed by atoms with Crippen LogP contribution in [0.4, 0.5) is 0 Å². The van der Waals surface area contributed by atoms with E-state index in [4.69, 9.17) is 10.5 Å². The van der Waals surface area contributed by atoms with Gasteiger partial charge < -0.3 is 15.8 Å². The van der Waals surface area contributed by atoms with Crippen LogP contribution in [0.5, 0.6) is 5.75 Å². The SMILES string of the molecule is CC(C)Oc1ccc(-c2nc(C(=O)NC3CCC(N)CC3)cs2)cc1.Cl. The van der Waals surface area contributed by atoms with Crippen molar-refractivity contribution in [1.29, 1.82) is 0 Å². The lowest BCUT2D eigenvalue weighted by Crippen LogP contribution is -2.40. The second-order valence-corrected chi connectivity index (χ2v) is 7.67. The number of hydrogen-bond donors (Lipinski definition) is 2. The average molecular weight is 396 g/mol. The molecule has 26 heavy (non-hydrogen) atoms. The molecule has 0 bridgehead atoms. The first kappa shape index (κ1) is 20.7. The summed E-state index contributed by atoms with van der Waals surface area (Å²) in [6.45, 7) is 4.00. The molecule has 3 rings (SSSR count). The molecule has 1 aliphatic rings. The molecule has 0 spiro atoms. The summed E-state index contributed by atoms with van der Waals surface area (Å²) in [4.78, 5) is 16.9. The predicted molar refractivity (Wildman–Crippen MR) is 108 cm³/mol. The minimum atomic E-state index is -0.0947. The maximum absolute atomic E-state index is 12.4. The van der Waals surface area contributed by atoms with Crippen LogP contribution in [0, 0.1) is 0 Å². The highest BCUT2D eigenvalue weighted by molar-refractivity contribution is 7.13. The van der Waals surface area contributed by atoms with Gasteiger partial charge in [0, 0.05) is 23.0 Å². The third-order valence-corrected chi connectivity index (χ3v) is 5.21. The zero-order valence-electron chi connectivity index (χ0n) is 15.1.